The maximum absolute atomic E-state index is 12.6. The van der Waals surface area contributed by atoms with Crippen molar-refractivity contribution < 1.29 is 13.5 Å². The average molecular weight is 290 g/mol. The molecular weight excluding hydrogens is 264 g/mol. The fourth-order valence-corrected chi connectivity index (χ4v) is 4.80. The van der Waals surface area contributed by atoms with Gasteiger partial charge < -0.3 is 5.11 Å². The van der Waals surface area contributed by atoms with Crippen molar-refractivity contribution >= 4 is 10.2 Å². The first kappa shape index (κ1) is 15.2. The second-order valence-corrected chi connectivity index (χ2v) is 8.29. The Hall–Kier alpha value is -0.170. The van der Waals surface area contributed by atoms with Gasteiger partial charge in [-0.2, -0.15) is 17.0 Å². The van der Waals surface area contributed by atoms with Crippen LogP contribution in [0.5, 0.6) is 0 Å². The van der Waals surface area contributed by atoms with Crippen molar-refractivity contribution in [2.45, 2.75) is 51.6 Å². The van der Waals surface area contributed by atoms with Crippen LogP contribution in [0.4, 0.5) is 0 Å². The molecule has 0 bridgehead atoms. The third-order valence-corrected chi connectivity index (χ3v) is 6.30. The van der Waals surface area contributed by atoms with Crippen LogP contribution in [-0.2, 0) is 10.2 Å². The van der Waals surface area contributed by atoms with E-state index in [1.54, 1.807) is 15.5 Å². The van der Waals surface area contributed by atoms with Gasteiger partial charge in [0.1, 0.15) is 0 Å². The highest BCUT2D eigenvalue weighted by atomic mass is 32.2. The van der Waals surface area contributed by atoms with Gasteiger partial charge in [-0.15, -0.1) is 0 Å². The molecule has 19 heavy (non-hydrogen) atoms. The molecule has 0 saturated carbocycles. The van der Waals surface area contributed by atoms with Gasteiger partial charge in [0.25, 0.3) is 10.2 Å². The topological polar surface area (TPSA) is 60.9 Å². The van der Waals surface area contributed by atoms with Crippen molar-refractivity contribution in [1.82, 2.24) is 8.61 Å². The lowest BCUT2D eigenvalue weighted by Crippen LogP contribution is -2.48. The molecule has 2 fully saturated rings. The van der Waals surface area contributed by atoms with Crippen molar-refractivity contribution in [3.05, 3.63) is 0 Å². The molecule has 6 heteroatoms. The Morgan fingerprint density at radius 3 is 2.47 bits per heavy atom. The van der Waals surface area contributed by atoms with Crippen LogP contribution in [-0.4, -0.2) is 53.9 Å². The van der Waals surface area contributed by atoms with Crippen LogP contribution in [0, 0.1) is 5.92 Å². The standard InChI is InChI=1S/C13H26N2O3S/c1-12-5-3-8-15(11-12)19(17,18)14-9-4-6-13(2,16)7-10-14/h12,16H,3-11H2,1-2H3. The summed E-state index contributed by atoms with van der Waals surface area (Å²) in [7, 11) is -3.34. The molecule has 2 aliphatic heterocycles. The minimum absolute atomic E-state index is 0.431. The smallest absolute Gasteiger partial charge is 0.281 e. The molecular formula is C13H26N2O3S. The van der Waals surface area contributed by atoms with E-state index in [4.69, 9.17) is 0 Å². The largest absolute Gasteiger partial charge is 0.390 e. The van der Waals surface area contributed by atoms with Gasteiger partial charge in [-0.05, 0) is 44.9 Å². The predicted octanol–water partition coefficient (Wildman–Crippen LogP) is 1.20. The first-order chi connectivity index (χ1) is 8.81. The Bertz CT molecular complexity index is 408. The molecule has 2 heterocycles. The van der Waals surface area contributed by atoms with Crippen LogP contribution in [0.1, 0.15) is 46.0 Å². The maximum atomic E-state index is 12.6. The molecule has 0 spiro atoms. The Morgan fingerprint density at radius 2 is 1.79 bits per heavy atom. The SMILES string of the molecule is CC1CCCN(S(=O)(=O)N2CCCC(C)(O)CC2)C1. The van der Waals surface area contributed by atoms with Crippen molar-refractivity contribution in [2.75, 3.05) is 26.2 Å². The van der Waals surface area contributed by atoms with Gasteiger partial charge >= 0.3 is 0 Å². The Balaban J connectivity index is 2.06. The summed E-state index contributed by atoms with van der Waals surface area (Å²) in [5, 5.41) is 10.1. The summed E-state index contributed by atoms with van der Waals surface area (Å²) in [6, 6.07) is 0. The van der Waals surface area contributed by atoms with Gasteiger partial charge in [0.2, 0.25) is 0 Å². The minimum atomic E-state index is -3.34. The molecule has 2 aliphatic rings. The summed E-state index contributed by atoms with van der Waals surface area (Å²) < 4.78 is 28.4. The van der Waals surface area contributed by atoms with Gasteiger partial charge in [0.15, 0.2) is 0 Å². The molecule has 1 N–H and O–H groups in total. The van der Waals surface area contributed by atoms with E-state index in [1.807, 2.05) is 0 Å². The molecule has 2 atom stereocenters. The number of rotatable bonds is 2. The molecule has 0 amide bonds. The highest BCUT2D eigenvalue weighted by molar-refractivity contribution is 7.86. The summed E-state index contributed by atoms with van der Waals surface area (Å²) >= 11 is 0. The van der Waals surface area contributed by atoms with Crippen molar-refractivity contribution in [2.24, 2.45) is 5.92 Å². The zero-order valence-corrected chi connectivity index (χ0v) is 12.8. The molecule has 0 aliphatic carbocycles. The summed E-state index contributed by atoms with van der Waals surface area (Å²) in [6.45, 7) is 6.14. The van der Waals surface area contributed by atoms with Gasteiger partial charge in [0.05, 0.1) is 5.60 Å². The average Bonchev–Trinajstić information content (AvgIpc) is 2.50. The van der Waals surface area contributed by atoms with E-state index in [9.17, 15) is 13.5 Å². The third-order valence-electron chi connectivity index (χ3n) is 4.29. The Morgan fingerprint density at radius 1 is 1.11 bits per heavy atom. The van der Waals surface area contributed by atoms with Gasteiger partial charge in [-0.3, -0.25) is 0 Å². The molecule has 0 aromatic rings. The van der Waals surface area contributed by atoms with E-state index in [0.717, 1.165) is 19.3 Å². The quantitative estimate of drug-likeness (QED) is 0.831. The van der Waals surface area contributed by atoms with Gasteiger partial charge in [-0.1, -0.05) is 6.92 Å². The van der Waals surface area contributed by atoms with Crippen molar-refractivity contribution in [3.8, 4) is 0 Å². The Labute approximate surface area is 116 Å². The highest BCUT2D eigenvalue weighted by Gasteiger charge is 2.35. The van der Waals surface area contributed by atoms with Crippen LogP contribution < -0.4 is 0 Å². The van der Waals surface area contributed by atoms with Crippen LogP contribution in [0.2, 0.25) is 0 Å². The van der Waals surface area contributed by atoms with E-state index in [-0.39, 0.29) is 0 Å². The maximum Gasteiger partial charge on any atom is 0.281 e. The first-order valence-corrected chi connectivity index (χ1v) is 8.68. The second kappa shape index (κ2) is 5.68. The number of nitrogens with zero attached hydrogens (tertiary/aromatic N) is 2. The number of hydrogen-bond acceptors (Lipinski definition) is 3. The van der Waals surface area contributed by atoms with Crippen LogP contribution >= 0.6 is 0 Å². The summed E-state index contributed by atoms with van der Waals surface area (Å²) in [5.41, 5.74) is -0.723. The summed E-state index contributed by atoms with van der Waals surface area (Å²) in [5.74, 6) is 0.443. The lowest BCUT2D eigenvalue weighted by atomic mass is 9.98. The second-order valence-electron chi connectivity index (χ2n) is 6.36. The monoisotopic (exact) mass is 290 g/mol. The normalized spacial score (nSPS) is 36.1. The van der Waals surface area contributed by atoms with Crippen molar-refractivity contribution in [1.29, 1.82) is 0 Å². The van der Waals surface area contributed by atoms with E-state index < -0.39 is 15.8 Å². The van der Waals surface area contributed by atoms with Crippen molar-refractivity contribution in [3.63, 3.8) is 0 Å². The summed E-state index contributed by atoms with van der Waals surface area (Å²) in [6.07, 6.45) is 3.99. The van der Waals surface area contributed by atoms with E-state index in [0.29, 0.717) is 44.9 Å². The van der Waals surface area contributed by atoms with E-state index >= 15 is 0 Å². The zero-order valence-electron chi connectivity index (χ0n) is 12.0. The molecule has 0 radical (unpaired) electrons. The minimum Gasteiger partial charge on any atom is -0.390 e. The third kappa shape index (κ3) is 3.68. The number of aliphatic hydroxyl groups is 1. The first-order valence-electron chi connectivity index (χ1n) is 7.29. The van der Waals surface area contributed by atoms with Gasteiger partial charge in [0, 0.05) is 26.2 Å². The Kier molecular flexibility index (Phi) is 4.55. The van der Waals surface area contributed by atoms with E-state index in [1.165, 1.54) is 0 Å². The zero-order chi connectivity index (χ0) is 14.1. The molecule has 5 nitrogen and oxygen atoms in total. The lowest BCUT2D eigenvalue weighted by Gasteiger charge is -2.34. The fourth-order valence-electron chi connectivity index (χ4n) is 2.99. The highest BCUT2D eigenvalue weighted by Crippen LogP contribution is 2.26. The molecule has 112 valence electrons. The van der Waals surface area contributed by atoms with Crippen LogP contribution in [0.15, 0.2) is 0 Å². The number of hydrogen-bond donors (Lipinski definition) is 1. The molecule has 2 saturated heterocycles. The van der Waals surface area contributed by atoms with Crippen LogP contribution in [0.25, 0.3) is 0 Å². The predicted molar refractivity (Wildman–Crippen MR) is 74.9 cm³/mol. The molecule has 0 aromatic heterocycles. The van der Waals surface area contributed by atoms with Crippen LogP contribution in [0.3, 0.4) is 0 Å². The molecule has 2 unspecified atom stereocenters. The fraction of sp³-hybridized carbons (Fsp3) is 1.00. The molecule has 2 rings (SSSR count). The summed E-state index contributed by atoms with van der Waals surface area (Å²) in [4.78, 5) is 0. The lowest BCUT2D eigenvalue weighted by molar-refractivity contribution is 0.0464. The molecule has 0 aromatic carbocycles. The van der Waals surface area contributed by atoms with Gasteiger partial charge in [-0.25, -0.2) is 0 Å². The number of piperidine rings is 1. The van der Waals surface area contributed by atoms with E-state index in [2.05, 4.69) is 6.92 Å².